The fourth-order valence-electron chi connectivity index (χ4n) is 4.86. The van der Waals surface area contributed by atoms with E-state index in [1.165, 1.54) is 18.3 Å². The molecule has 1 aliphatic rings. The number of nitrogens with one attached hydrogen (secondary N) is 3. The van der Waals surface area contributed by atoms with Crippen molar-refractivity contribution in [3.63, 3.8) is 0 Å². The Kier molecular flexibility index (Phi) is 9.78. The predicted molar refractivity (Wildman–Crippen MR) is 176 cm³/mol. The monoisotopic (exact) mass is 665 g/mol. The number of amides is 3. The summed E-state index contributed by atoms with van der Waals surface area (Å²) in [6, 6.07) is 14.7. The number of nitrogens with zero attached hydrogens (tertiary/aromatic N) is 4. The molecule has 2 aromatic heterocycles. The average Bonchev–Trinajstić information content (AvgIpc) is 3.02. The molecule has 240 valence electrons. The number of ether oxygens (including phenoxy) is 1. The summed E-state index contributed by atoms with van der Waals surface area (Å²) < 4.78 is 6.23. The minimum atomic E-state index is -0.791. The highest BCUT2D eigenvalue weighted by atomic mass is 35.5. The largest absolute Gasteiger partial charge is 0.444 e. The van der Waals surface area contributed by atoms with Gasteiger partial charge in [0.1, 0.15) is 16.8 Å². The number of pyridine rings is 1. The minimum Gasteiger partial charge on any atom is -0.444 e. The van der Waals surface area contributed by atoms with Gasteiger partial charge in [-0.3, -0.25) is 14.4 Å². The van der Waals surface area contributed by atoms with Crippen LogP contribution in [-0.2, 0) is 11.3 Å². The number of H-pyrrole nitrogens is 1. The van der Waals surface area contributed by atoms with Gasteiger partial charge in [0.2, 0.25) is 5.95 Å². The van der Waals surface area contributed by atoms with Crippen molar-refractivity contribution in [3.8, 4) is 0 Å². The zero-order valence-corrected chi connectivity index (χ0v) is 27.0. The van der Waals surface area contributed by atoms with Crippen LogP contribution in [-0.4, -0.2) is 62.5 Å². The van der Waals surface area contributed by atoms with E-state index in [0.717, 1.165) is 9.98 Å². The molecule has 5 rings (SSSR count). The van der Waals surface area contributed by atoms with Gasteiger partial charge in [0.25, 0.3) is 17.4 Å². The second kappa shape index (κ2) is 13.8. The Bertz CT molecular complexity index is 1830. The molecule has 12 nitrogen and oxygen atoms in total. The van der Waals surface area contributed by atoms with E-state index in [2.05, 4.69) is 25.6 Å². The lowest BCUT2D eigenvalue weighted by atomic mass is 10.1. The first-order valence-corrected chi connectivity index (χ1v) is 15.4. The van der Waals surface area contributed by atoms with Crippen LogP contribution in [0.1, 0.15) is 59.9 Å². The van der Waals surface area contributed by atoms with Crippen molar-refractivity contribution in [2.75, 3.05) is 22.8 Å². The van der Waals surface area contributed by atoms with Crippen LogP contribution in [0.2, 0.25) is 5.02 Å². The first-order valence-electron chi connectivity index (χ1n) is 14.6. The van der Waals surface area contributed by atoms with Gasteiger partial charge in [-0.1, -0.05) is 29.8 Å². The Morgan fingerprint density at radius 1 is 1.09 bits per heavy atom. The molecule has 0 saturated carbocycles. The zero-order valence-electron chi connectivity index (χ0n) is 25.5. The number of benzene rings is 2. The molecule has 0 aliphatic carbocycles. The summed E-state index contributed by atoms with van der Waals surface area (Å²) in [6.45, 7) is 6.79. The first-order chi connectivity index (χ1) is 21.9. The third kappa shape index (κ3) is 8.12. The fraction of sp³-hybridized carbons (Fsp3) is 0.312. The highest BCUT2D eigenvalue weighted by molar-refractivity contribution is 6.39. The highest BCUT2D eigenvalue weighted by Gasteiger charge is 2.27. The number of aromatic amines is 1. The van der Waals surface area contributed by atoms with Gasteiger partial charge in [-0.05, 0) is 75.6 Å². The maximum absolute atomic E-state index is 13.3. The second-order valence-electron chi connectivity index (χ2n) is 11.8. The highest BCUT2D eigenvalue weighted by Crippen LogP contribution is 2.23. The van der Waals surface area contributed by atoms with Crippen LogP contribution in [0.15, 0.2) is 65.6 Å². The number of likely N-dealkylation sites (tertiary alicyclic amines) is 1. The SMILES string of the molecule is CC(C)(C)OC(=O)N1CCC(Nc2ncc3cc(C(=O)N(Cl)c4cccc(C(=O)NCc5cccc(Cl)c5)c4)c(=O)[nH]c3n2)CC1. The number of carbonyl (C=O) groups is 3. The van der Waals surface area contributed by atoms with Gasteiger partial charge in [-0.2, -0.15) is 4.98 Å². The van der Waals surface area contributed by atoms with Crippen molar-refractivity contribution in [1.82, 2.24) is 25.2 Å². The predicted octanol–water partition coefficient (Wildman–Crippen LogP) is 5.51. The lowest BCUT2D eigenvalue weighted by Gasteiger charge is -2.33. The molecule has 3 N–H and O–H groups in total. The maximum atomic E-state index is 13.3. The Morgan fingerprint density at radius 3 is 2.54 bits per heavy atom. The number of anilines is 2. The van der Waals surface area contributed by atoms with Crippen molar-refractivity contribution in [1.29, 1.82) is 0 Å². The van der Waals surface area contributed by atoms with E-state index in [1.54, 1.807) is 41.3 Å². The molecule has 46 heavy (non-hydrogen) atoms. The third-order valence-electron chi connectivity index (χ3n) is 7.16. The molecule has 1 aliphatic heterocycles. The van der Waals surface area contributed by atoms with Crippen LogP contribution in [0.4, 0.5) is 16.4 Å². The molecule has 3 amide bonds. The minimum absolute atomic E-state index is 0.0168. The van der Waals surface area contributed by atoms with Crippen molar-refractivity contribution in [2.45, 2.75) is 51.8 Å². The Balaban J connectivity index is 1.23. The summed E-state index contributed by atoms with van der Waals surface area (Å²) in [7, 11) is 0. The summed E-state index contributed by atoms with van der Waals surface area (Å²) in [5.74, 6) is -0.860. The van der Waals surface area contributed by atoms with E-state index in [-0.39, 0.29) is 47.0 Å². The van der Waals surface area contributed by atoms with E-state index in [0.29, 0.717) is 42.3 Å². The maximum Gasteiger partial charge on any atom is 0.410 e. The quantitative estimate of drug-likeness (QED) is 0.219. The number of halogens is 2. The molecule has 0 radical (unpaired) electrons. The van der Waals surface area contributed by atoms with Crippen molar-refractivity contribution in [2.24, 2.45) is 0 Å². The van der Waals surface area contributed by atoms with Crippen LogP contribution in [0.3, 0.4) is 0 Å². The topological polar surface area (TPSA) is 150 Å². The summed E-state index contributed by atoms with van der Waals surface area (Å²) in [4.78, 5) is 64.5. The van der Waals surface area contributed by atoms with Crippen molar-refractivity contribution < 1.29 is 19.1 Å². The molecule has 0 unspecified atom stereocenters. The lowest BCUT2D eigenvalue weighted by Crippen LogP contribution is -2.44. The normalized spacial score (nSPS) is 13.7. The van der Waals surface area contributed by atoms with Crippen LogP contribution in [0, 0.1) is 0 Å². The van der Waals surface area contributed by atoms with E-state index in [9.17, 15) is 19.2 Å². The molecule has 0 spiro atoms. The van der Waals surface area contributed by atoms with E-state index >= 15 is 0 Å². The fourth-order valence-corrected chi connectivity index (χ4v) is 5.27. The smallest absolute Gasteiger partial charge is 0.410 e. The summed E-state index contributed by atoms with van der Waals surface area (Å²) >= 11 is 12.4. The molecule has 14 heteroatoms. The van der Waals surface area contributed by atoms with E-state index < -0.39 is 17.1 Å². The second-order valence-corrected chi connectivity index (χ2v) is 12.6. The molecule has 2 aromatic carbocycles. The van der Waals surface area contributed by atoms with E-state index in [4.69, 9.17) is 28.1 Å². The van der Waals surface area contributed by atoms with Crippen LogP contribution in [0.5, 0.6) is 0 Å². The zero-order chi connectivity index (χ0) is 33.0. The number of hydrogen-bond donors (Lipinski definition) is 3. The van der Waals surface area contributed by atoms with Gasteiger partial charge in [0, 0.05) is 59.6 Å². The number of piperidine rings is 1. The number of rotatable bonds is 7. The molecular formula is C32H33Cl2N7O5. The summed E-state index contributed by atoms with van der Waals surface area (Å²) in [6.07, 6.45) is 2.49. The number of carbonyl (C=O) groups excluding carboxylic acids is 3. The number of aromatic nitrogens is 3. The van der Waals surface area contributed by atoms with Gasteiger partial charge >= 0.3 is 6.09 Å². The molecule has 1 fully saturated rings. The third-order valence-corrected chi connectivity index (χ3v) is 7.74. The number of fused-ring (bicyclic) bond motifs is 1. The Hall–Kier alpha value is -4.68. The number of hydrogen-bond acceptors (Lipinski definition) is 8. The van der Waals surface area contributed by atoms with Gasteiger partial charge in [-0.15, -0.1) is 0 Å². The summed E-state index contributed by atoms with van der Waals surface area (Å²) in [5.41, 5.74) is 0.0749. The summed E-state index contributed by atoms with van der Waals surface area (Å²) in [5, 5.41) is 7.04. The molecule has 3 heterocycles. The van der Waals surface area contributed by atoms with Crippen LogP contribution in [0.25, 0.3) is 11.0 Å². The molecule has 1 saturated heterocycles. The standard InChI is InChI=1S/C32H33Cl2N7O5/c1-32(2,3)46-31(45)40-12-10-23(11-13-40)37-30-36-18-21-16-25(28(43)38-26(21)39-30)29(44)41(34)24-9-5-7-20(15-24)27(42)35-17-19-6-4-8-22(33)14-19/h4-9,14-16,18,23H,10-13,17H2,1-3H3,(H,35,42)(H2,36,37,38,39,43). The molecule has 4 aromatic rings. The van der Waals surface area contributed by atoms with Crippen molar-refractivity contribution in [3.05, 3.63) is 92.9 Å². The van der Waals surface area contributed by atoms with Crippen molar-refractivity contribution >= 4 is 64.0 Å². The molecule has 0 atom stereocenters. The first kappa shape index (κ1) is 32.7. The van der Waals surface area contributed by atoms with Crippen LogP contribution < -0.4 is 20.6 Å². The van der Waals surface area contributed by atoms with Gasteiger partial charge in [-0.25, -0.2) is 14.2 Å². The van der Waals surface area contributed by atoms with Gasteiger partial charge < -0.3 is 25.3 Å². The van der Waals surface area contributed by atoms with Gasteiger partial charge in [0.05, 0.1) is 5.69 Å². The lowest BCUT2D eigenvalue weighted by molar-refractivity contribution is 0.0210. The van der Waals surface area contributed by atoms with Gasteiger partial charge in [0.15, 0.2) is 0 Å². The molecule has 0 bridgehead atoms. The average molecular weight is 667 g/mol. The molecular weight excluding hydrogens is 633 g/mol. The Labute approximate surface area is 275 Å². The Morgan fingerprint density at radius 2 is 1.83 bits per heavy atom. The van der Waals surface area contributed by atoms with Crippen LogP contribution >= 0.6 is 23.4 Å². The van der Waals surface area contributed by atoms with E-state index in [1.807, 2.05) is 26.8 Å².